The third-order valence-corrected chi connectivity index (χ3v) is 4.13. The molecule has 0 fully saturated rings. The Kier molecular flexibility index (Phi) is 5.12. The van der Waals surface area contributed by atoms with Crippen molar-refractivity contribution >= 4 is 15.9 Å². The van der Waals surface area contributed by atoms with Crippen LogP contribution < -0.4 is 14.2 Å². The van der Waals surface area contributed by atoms with E-state index in [4.69, 9.17) is 14.2 Å². The summed E-state index contributed by atoms with van der Waals surface area (Å²) in [7, 11) is 4.93. The van der Waals surface area contributed by atoms with E-state index in [1.807, 2.05) is 12.1 Å². The number of hydrogen-bond donors (Lipinski definition) is 0. The molecule has 17 heavy (non-hydrogen) atoms. The van der Waals surface area contributed by atoms with Gasteiger partial charge in [0.25, 0.3) is 0 Å². The molecule has 0 aliphatic rings. The Morgan fingerprint density at radius 1 is 0.941 bits per heavy atom. The van der Waals surface area contributed by atoms with Crippen molar-refractivity contribution in [3.05, 3.63) is 17.7 Å². The second-order valence-electron chi connectivity index (χ2n) is 4.09. The van der Waals surface area contributed by atoms with Crippen LogP contribution >= 0.6 is 15.9 Å². The van der Waals surface area contributed by atoms with Gasteiger partial charge in [-0.3, -0.25) is 0 Å². The Morgan fingerprint density at radius 3 is 1.71 bits per heavy atom. The van der Waals surface area contributed by atoms with Crippen LogP contribution in [-0.4, -0.2) is 21.3 Å². The van der Waals surface area contributed by atoms with Crippen LogP contribution in [-0.2, 0) is 0 Å². The van der Waals surface area contributed by atoms with Crippen LogP contribution in [0.15, 0.2) is 12.1 Å². The predicted molar refractivity (Wildman–Crippen MR) is 72.6 cm³/mol. The Bertz CT molecular complexity index is 352. The summed E-state index contributed by atoms with van der Waals surface area (Å²) in [5.74, 6) is 2.71. The summed E-state index contributed by atoms with van der Waals surface area (Å²) in [6.45, 7) is 4.28. The molecule has 1 aromatic carbocycles. The number of ether oxygens (including phenoxy) is 3. The summed E-state index contributed by atoms with van der Waals surface area (Å²) in [5.41, 5.74) is 1.02. The van der Waals surface area contributed by atoms with E-state index in [-0.39, 0.29) is 4.83 Å². The minimum absolute atomic E-state index is 0.179. The zero-order valence-corrected chi connectivity index (χ0v) is 12.5. The van der Waals surface area contributed by atoms with Crippen LogP contribution in [0.3, 0.4) is 0 Å². The van der Waals surface area contributed by atoms with Crippen LogP contribution in [0, 0.1) is 5.92 Å². The minimum atomic E-state index is 0.179. The average Bonchev–Trinajstić information content (AvgIpc) is 2.35. The Labute approximate surface area is 111 Å². The Hall–Kier alpha value is -0.900. The lowest BCUT2D eigenvalue weighted by Crippen LogP contribution is -2.05. The van der Waals surface area contributed by atoms with Gasteiger partial charge in [-0.05, 0) is 5.92 Å². The second kappa shape index (κ2) is 6.15. The van der Waals surface area contributed by atoms with Crippen molar-refractivity contribution in [2.75, 3.05) is 21.3 Å². The van der Waals surface area contributed by atoms with E-state index in [2.05, 4.69) is 29.8 Å². The maximum atomic E-state index is 5.41. The SMILES string of the molecule is COc1cc(OC)c(C(Br)C(C)C)c(OC)c1. The number of alkyl halides is 1. The summed E-state index contributed by atoms with van der Waals surface area (Å²) in [5, 5.41) is 0. The van der Waals surface area contributed by atoms with Gasteiger partial charge in [-0.15, -0.1) is 0 Å². The van der Waals surface area contributed by atoms with E-state index in [0.717, 1.165) is 22.8 Å². The van der Waals surface area contributed by atoms with Gasteiger partial charge >= 0.3 is 0 Å². The normalized spacial score (nSPS) is 12.4. The van der Waals surface area contributed by atoms with E-state index in [9.17, 15) is 0 Å². The third kappa shape index (κ3) is 3.06. The van der Waals surface area contributed by atoms with E-state index in [1.165, 1.54) is 0 Å². The fourth-order valence-electron chi connectivity index (χ4n) is 1.64. The first kappa shape index (κ1) is 14.2. The smallest absolute Gasteiger partial charge is 0.130 e. The maximum absolute atomic E-state index is 5.41. The van der Waals surface area contributed by atoms with Gasteiger partial charge in [-0.25, -0.2) is 0 Å². The number of benzene rings is 1. The molecule has 0 saturated heterocycles. The van der Waals surface area contributed by atoms with Crippen molar-refractivity contribution in [1.82, 2.24) is 0 Å². The molecule has 0 bridgehead atoms. The molecule has 0 amide bonds. The fourth-order valence-corrected chi connectivity index (χ4v) is 2.09. The van der Waals surface area contributed by atoms with E-state index >= 15 is 0 Å². The van der Waals surface area contributed by atoms with Gasteiger partial charge in [0.15, 0.2) is 0 Å². The molecule has 1 aromatic rings. The molecule has 1 rings (SSSR count). The summed E-state index contributed by atoms with van der Waals surface area (Å²) < 4.78 is 16.0. The highest BCUT2D eigenvalue weighted by atomic mass is 79.9. The lowest BCUT2D eigenvalue weighted by Gasteiger charge is -2.21. The van der Waals surface area contributed by atoms with E-state index in [1.54, 1.807) is 21.3 Å². The van der Waals surface area contributed by atoms with Gasteiger partial charge in [-0.1, -0.05) is 29.8 Å². The van der Waals surface area contributed by atoms with Crippen molar-refractivity contribution in [2.24, 2.45) is 5.92 Å². The summed E-state index contributed by atoms with van der Waals surface area (Å²) in [6.07, 6.45) is 0. The topological polar surface area (TPSA) is 27.7 Å². The first-order valence-electron chi connectivity index (χ1n) is 5.49. The van der Waals surface area contributed by atoms with Gasteiger partial charge in [0.1, 0.15) is 17.2 Å². The van der Waals surface area contributed by atoms with Crippen molar-refractivity contribution in [3.8, 4) is 17.2 Å². The van der Waals surface area contributed by atoms with Crippen LogP contribution in [0.25, 0.3) is 0 Å². The van der Waals surface area contributed by atoms with Gasteiger partial charge in [0, 0.05) is 17.0 Å². The van der Waals surface area contributed by atoms with Crippen LogP contribution in [0.5, 0.6) is 17.2 Å². The Morgan fingerprint density at radius 2 is 1.41 bits per heavy atom. The number of methoxy groups -OCH3 is 3. The molecule has 1 unspecified atom stereocenters. The molecule has 0 aromatic heterocycles. The van der Waals surface area contributed by atoms with Crippen LogP contribution in [0.2, 0.25) is 0 Å². The van der Waals surface area contributed by atoms with Crippen molar-refractivity contribution in [3.63, 3.8) is 0 Å². The molecule has 0 aliphatic carbocycles. The van der Waals surface area contributed by atoms with Gasteiger partial charge in [0.05, 0.1) is 26.9 Å². The number of hydrogen-bond acceptors (Lipinski definition) is 3. The molecule has 0 N–H and O–H groups in total. The molecular weight excluding hydrogens is 284 g/mol. The lowest BCUT2D eigenvalue weighted by atomic mass is 10.0. The zero-order valence-electron chi connectivity index (χ0n) is 10.9. The molecular formula is C13H19BrO3. The fraction of sp³-hybridized carbons (Fsp3) is 0.538. The molecule has 0 aliphatic heterocycles. The number of rotatable bonds is 5. The van der Waals surface area contributed by atoms with Crippen molar-refractivity contribution in [2.45, 2.75) is 18.7 Å². The molecule has 0 radical (unpaired) electrons. The molecule has 3 nitrogen and oxygen atoms in total. The van der Waals surface area contributed by atoms with Crippen molar-refractivity contribution in [1.29, 1.82) is 0 Å². The molecule has 0 heterocycles. The standard InChI is InChI=1S/C13H19BrO3/c1-8(2)13(14)12-10(16-4)6-9(15-3)7-11(12)17-5/h6-8,13H,1-5H3. The monoisotopic (exact) mass is 302 g/mol. The van der Waals surface area contributed by atoms with E-state index < -0.39 is 0 Å². The molecule has 0 spiro atoms. The highest BCUT2D eigenvalue weighted by Crippen LogP contribution is 2.44. The minimum Gasteiger partial charge on any atom is -0.496 e. The highest BCUT2D eigenvalue weighted by Gasteiger charge is 2.22. The summed E-state index contributed by atoms with van der Waals surface area (Å²) in [4.78, 5) is 0.179. The summed E-state index contributed by atoms with van der Waals surface area (Å²) >= 11 is 3.68. The average molecular weight is 303 g/mol. The molecule has 0 saturated carbocycles. The first-order chi connectivity index (χ1) is 8.04. The molecule has 96 valence electrons. The molecule has 1 atom stereocenters. The van der Waals surface area contributed by atoms with Gasteiger partial charge in [-0.2, -0.15) is 0 Å². The van der Waals surface area contributed by atoms with Crippen LogP contribution in [0.4, 0.5) is 0 Å². The zero-order chi connectivity index (χ0) is 13.0. The van der Waals surface area contributed by atoms with Gasteiger partial charge in [0.2, 0.25) is 0 Å². The first-order valence-corrected chi connectivity index (χ1v) is 6.40. The number of halogens is 1. The second-order valence-corrected chi connectivity index (χ2v) is 5.08. The van der Waals surface area contributed by atoms with Crippen LogP contribution in [0.1, 0.15) is 24.2 Å². The van der Waals surface area contributed by atoms with E-state index in [0.29, 0.717) is 5.92 Å². The lowest BCUT2D eigenvalue weighted by molar-refractivity contribution is 0.365. The quantitative estimate of drug-likeness (QED) is 0.774. The Balaban J connectivity index is 3.34. The van der Waals surface area contributed by atoms with Gasteiger partial charge < -0.3 is 14.2 Å². The third-order valence-electron chi connectivity index (χ3n) is 2.61. The van der Waals surface area contributed by atoms with Crippen molar-refractivity contribution < 1.29 is 14.2 Å². The molecule has 4 heteroatoms. The largest absolute Gasteiger partial charge is 0.496 e. The summed E-state index contributed by atoms with van der Waals surface area (Å²) in [6, 6.07) is 3.74. The predicted octanol–water partition coefficient (Wildman–Crippen LogP) is 3.80. The maximum Gasteiger partial charge on any atom is 0.130 e. The highest BCUT2D eigenvalue weighted by molar-refractivity contribution is 9.09.